The molecule has 0 N–H and O–H groups in total. The van der Waals surface area contributed by atoms with Crippen LogP contribution in [0.25, 0.3) is 0 Å². The molecule has 0 unspecified atom stereocenters. The molecule has 2 atom stereocenters. The van der Waals surface area contributed by atoms with Crippen molar-refractivity contribution in [2.75, 3.05) is 0 Å². The van der Waals surface area contributed by atoms with E-state index in [1.807, 2.05) is 0 Å². The molecule has 0 aromatic carbocycles. The van der Waals surface area contributed by atoms with Gasteiger partial charge in [0, 0.05) is 0 Å². The maximum absolute atomic E-state index is 2.44. The van der Waals surface area contributed by atoms with E-state index in [1.165, 1.54) is 44.7 Å². The predicted molar refractivity (Wildman–Crippen MR) is 74.0 cm³/mol. The molecule has 0 heterocycles. The predicted octanol–water partition coefficient (Wildman–Crippen LogP) is 5.37. The van der Waals surface area contributed by atoms with Gasteiger partial charge in [-0.2, -0.15) is 0 Å². The normalized spacial score (nSPS) is 15.0. The lowest BCUT2D eigenvalue weighted by Crippen LogP contribution is -2.14. The van der Waals surface area contributed by atoms with Crippen LogP contribution in [0.15, 0.2) is 0 Å². The van der Waals surface area contributed by atoms with Gasteiger partial charge in [-0.05, 0) is 18.3 Å². The molecule has 0 bridgehead atoms. The average Bonchev–Trinajstić information content (AvgIpc) is 2.25. The van der Waals surface area contributed by atoms with Gasteiger partial charge in [0.2, 0.25) is 0 Å². The molecule has 0 rings (SSSR count). The van der Waals surface area contributed by atoms with Crippen molar-refractivity contribution < 1.29 is 0 Å². The summed E-state index contributed by atoms with van der Waals surface area (Å²) in [4.78, 5) is 0. The van der Waals surface area contributed by atoms with Crippen LogP contribution >= 0.6 is 0 Å². The first-order valence-corrected chi connectivity index (χ1v) is 7.13. The van der Waals surface area contributed by atoms with Crippen molar-refractivity contribution in [1.29, 1.82) is 0 Å². The fourth-order valence-electron chi connectivity index (χ4n) is 2.40. The standard InChI is InChI=1S/C14H31B/c1-6-9-10-13(4)11-14(7-2)12-15(5)8-3/h13-14H,6-12H2,1-5H3/t13-,14+/m1/s1. The van der Waals surface area contributed by atoms with E-state index >= 15 is 0 Å². The van der Waals surface area contributed by atoms with Crippen molar-refractivity contribution in [1.82, 2.24) is 0 Å². The summed E-state index contributed by atoms with van der Waals surface area (Å²) < 4.78 is 0. The molecule has 0 nitrogen and oxygen atoms in total. The van der Waals surface area contributed by atoms with Gasteiger partial charge < -0.3 is 0 Å². The zero-order chi connectivity index (χ0) is 11.7. The Hall–Kier alpha value is 0.0649. The summed E-state index contributed by atoms with van der Waals surface area (Å²) in [5, 5.41) is 0. The number of unbranched alkanes of at least 4 members (excludes halogenated alkanes) is 1. The van der Waals surface area contributed by atoms with E-state index in [4.69, 9.17) is 0 Å². The Kier molecular flexibility index (Phi) is 9.34. The molecule has 0 saturated carbocycles. The molecule has 0 aliphatic rings. The molecule has 0 amide bonds. The number of rotatable bonds is 9. The van der Waals surface area contributed by atoms with Crippen LogP contribution in [0.5, 0.6) is 0 Å². The van der Waals surface area contributed by atoms with E-state index in [0.717, 1.165) is 18.5 Å². The lowest BCUT2D eigenvalue weighted by Gasteiger charge is -2.21. The summed E-state index contributed by atoms with van der Waals surface area (Å²) in [6, 6.07) is 0. The smallest absolute Gasteiger partial charge is 0.0861 e. The van der Waals surface area contributed by atoms with E-state index in [2.05, 4.69) is 34.5 Å². The molecule has 15 heavy (non-hydrogen) atoms. The van der Waals surface area contributed by atoms with Gasteiger partial charge in [0.15, 0.2) is 0 Å². The van der Waals surface area contributed by atoms with Crippen LogP contribution in [0.3, 0.4) is 0 Å². The molecule has 0 aromatic rings. The fraction of sp³-hybridized carbons (Fsp3) is 1.00. The van der Waals surface area contributed by atoms with Crippen LogP contribution in [0.2, 0.25) is 19.5 Å². The first-order chi connectivity index (χ1) is 7.13. The highest BCUT2D eigenvalue weighted by Crippen LogP contribution is 2.25. The maximum Gasteiger partial charge on any atom is 0.136 e. The first kappa shape index (κ1) is 15.1. The van der Waals surface area contributed by atoms with Crippen molar-refractivity contribution in [3.8, 4) is 0 Å². The van der Waals surface area contributed by atoms with Gasteiger partial charge in [-0.15, -0.1) is 0 Å². The molecular weight excluding hydrogens is 179 g/mol. The van der Waals surface area contributed by atoms with Crippen molar-refractivity contribution >= 4 is 6.71 Å². The van der Waals surface area contributed by atoms with E-state index in [9.17, 15) is 0 Å². The first-order valence-electron chi connectivity index (χ1n) is 7.13. The second-order valence-electron chi connectivity index (χ2n) is 5.51. The third-order valence-electron chi connectivity index (χ3n) is 3.80. The topological polar surface area (TPSA) is 0 Å². The molecular formula is C14H31B. The summed E-state index contributed by atoms with van der Waals surface area (Å²) in [7, 11) is 0. The van der Waals surface area contributed by atoms with E-state index in [-0.39, 0.29) is 0 Å². The summed E-state index contributed by atoms with van der Waals surface area (Å²) in [5.74, 6) is 1.92. The molecule has 0 aliphatic carbocycles. The second-order valence-corrected chi connectivity index (χ2v) is 5.51. The molecule has 0 spiro atoms. The van der Waals surface area contributed by atoms with Crippen LogP contribution < -0.4 is 0 Å². The molecule has 90 valence electrons. The van der Waals surface area contributed by atoms with Crippen molar-refractivity contribution in [2.24, 2.45) is 11.8 Å². The van der Waals surface area contributed by atoms with Gasteiger partial charge in [-0.25, -0.2) is 0 Å². The van der Waals surface area contributed by atoms with Crippen molar-refractivity contribution in [3.05, 3.63) is 0 Å². The minimum absolute atomic E-state index is 0.924. The Bertz CT molecular complexity index is 133. The Morgan fingerprint density at radius 2 is 1.80 bits per heavy atom. The summed E-state index contributed by atoms with van der Waals surface area (Å²) in [5.41, 5.74) is 0. The quantitative estimate of drug-likeness (QED) is 0.448. The summed E-state index contributed by atoms with van der Waals surface area (Å²) in [6.07, 6.45) is 9.84. The molecule has 0 radical (unpaired) electrons. The van der Waals surface area contributed by atoms with Crippen molar-refractivity contribution in [2.45, 2.75) is 79.3 Å². The van der Waals surface area contributed by atoms with Gasteiger partial charge in [-0.3, -0.25) is 0 Å². The van der Waals surface area contributed by atoms with Crippen molar-refractivity contribution in [3.63, 3.8) is 0 Å². The van der Waals surface area contributed by atoms with Gasteiger partial charge >= 0.3 is 0 Å². The van der Waals surface area contributed by atoms with E-state index < -0.39 is 0 Å². The van der Waals surface area contributed by atoms with Gasteiger partial charge in [0.1, 0.15) is 6.71 Å². The number of hydrogen-bond acceptors (Lipinski definition) is 0. The third kappa shape index (κ3) is 7.93. The van der Waals surface area contributed by atoms with Crippen LogP contribution in [-0.2, 0) is 0 Å². The largest absolute Gasteiger partial charge is 0.136 e. The average molecular weight is 210 g/mol. The monoisotopic (exact) mass is 210 g/mol. The lowest BCUT2D eigenvalue weighted by atomic mass is 9.45. The molecule has 0 aromatic heterocycles. The Labute approximate surface area is 98.3 Å². The SMILES string of the molecule is CCCC[C@@H](C)C[C@H](CC)CB(C)CC. The third-order valence-corrected chi connectivity index (χ3v) is 3.80. The van der Waals surface area contributed by atoms with E-state index in [0.29, 0.717) is 0 Å². The Morgan fingerprint density at radius 3 is 2.27 bits per heavy atom. The van der Waals surface area contributed by atoms with Crippen LogP contribution in [0, 0.1) is 11.8 Å². The second kappa shape index (κ2) is 9.30. The van der Waals surface area contributed by atoms with E-state index in [1.54, 1.807) is 0 Å². The molecule has 0 saturated heterocycles. The molecule has 0 fully saturated rings. The lowest BCUT2D eigenvalue weighted by molar-refractivity contribution is 0.377. The maximum atomic E-state index is 2.44. The van der Waals surface area contributed by atoms with Crippen LogP contribution in [0.4, 0.5) is 0 Å². The zero-order valence-electron chi connectivity index (χ0n) is 11.7. The zero-order valence-corrected chi connectivity index (χ0v) is 11.7. The van der Waals surface area contributed by atoms with Crippen LogP contribution in [0.1, 0.15) is 59.8 Å². The highest BCUT2D eigenvalue weighted by atomic mass is 14.1. The highest BCUT2D eigenvalue weighted by Gasteiger charge is 2.15. The van der Waals surface area contributed by atoms with Gasteiger partial charge in [0.25, 0.3) is 0 Å². The van der Waals surface area contributed by atoms with Crippen LogP contribution in [-0.4, -0.2) is 6.71 Å². The Balaban J connectivity index is 3.76. The van der Waals surface area contributed by atoms with Gasteiger partial charge in [-0.1, -0.05) is 72.8 Å². The summed E-state index contributed by atoms with van der Waals surface area (Å²) >= 11 is 0. The highest BCUT2D eigenvalue weighted by molar-refractivity contribution is 6.57. The fourth-order valence-corrected chi connectivity index (χ4v) is 2.40. The molecule has 0 aliphatic heterocycles. The molecule has 1 heteroatoms. The minimum Gasteiger partial charge on any atom is -0.0861 e. The summed E-state index contributed by atoms with van der Waals surface area (Å²) in [6.45, 7) is 12.7. The minimum atomic E-state index is 0.924. The van der Waals surface area contributed by atoms with Gasteiger partial charge in [0.05, 0.1) is 0 Å². The Morgan fingerprint density at radius 1 is 1.13 bits per heavy atom. The number of hydrogen-bond donors (Lipinski definition) is 0.